The molecule has 1 atom stereocenters. The van der Waals surface area contributed by atoms with Crippen LogP contribution >= 0.6 is 0 Å². The van der Waals surface area contributed by atoms with Gasteiger partial charge < -0.3 is 15.1 Å². The second-order valence-electron chi connectivity index (χ2n) is 11.4. The number of phenols is 1. The number of benzene rings is 4. The van der Waals surface area contributed by atoms with Gasteiger partial charge in [0, 0.05) is 58.8 Å². The zero-order valence-electron chi connectivity index (χ0n) is 23.9. The molecule has 0 bridgehead atoms. The van der Waals surface area contributed by atoms with E-state index in [2.05, 4.69) is 9.97 Å². The fourth-order valence-electron chi connectivity index (χ4n) is 6.81. The third kappa shape index (κ3) is 4.08. The van der Waals surface area contributed by atoms with Gasteiger partial charge in [0.05, 0.1) is 22.3 Å². The SMILES string of the molecule is O=C1c2ccccc2C(=O)N1CCc1c(C(CN2C(=O)c3ccccc3C2=O)c2c[nH]c3cc(O)ccc23)[nH]c2ccccc12. The van der Waals surface area contributed by atoms with Gasteiger partial charge in [0.2, 0.25) is 0 Å². The minimum Gasteiger partial charge on any atom is -0.508 e. The van der Waals surface area contributed by atoms with Crippen molar-refractivity contribution in [3.8, 4) is 5.75 Å². The van der Waals surface area contributed by atoms with E-state index in [9.17, 15) is 24.3 Å². The Hall–Kier alpha value is -5.96. The largest absolute Gasteiger partial charge is 0.508 e. The molecule has 0 saturated carbocycles. The molecule has 0 radical (unpaired) electrons. The Balaban J connectivity index is 1.24. The van der Waals surface area contributed by atoms with Crippen LogP contribution in [0.1, 0.15) is 64.2 Å². The number of aromatic hydroxyl groups is 1. The number of hydrogen-bond acceptors (Lipinski definition) is 5. The average molecular weight is 595 g/mol. The number of nitrogens with one attached hydrogen (secondary N) is 2. The molecular formula is C36H26N4O5. The van der Waals surface area contributed by atoms with Gasteiger partial charge in [-0.1, -0.05) is 42.5 Å². The Morgan fingerprint density at radius 3 is 1.87 bits per heavy atom. The van der Waals surface area contributed by atoms with Gasteiger partial charge in [-0.3, -0.25) is 29.0 Å². The van der Waals surface area contributed by atoms with Crippen molar-refractivity contribution in [1.29, 1.82) is 0 Å². The number of fused-ring (bicyclic) bond motifs is 4. The second kappa shape index (κ2) is 10.1. The minimum atomic E-state index is -0.505. The van der Waals surface area contributed by atoms with Crippen LogP contribution in [0.15, 0.2) is 97.2 Å². The van der Waals surface area contributed by atoms with Crippen molar-refractivity contribution < 1.29 is 24.3 Å². The summed E-state index contributed by atoms with van der Waals surface area (Å²) in [7, 11) is 0. The molecule has 220 valence electrons. The third-order valence-electron chi connectivity index (χ3n) is 8.97. The van der Waals surface area contributed by atoms with E-state index in [-0.39, 0.29) is 42.5 Å². The molecule has 45 heavy (non-hydrogen) atoms. The van der Waals surface area contributed by atoms with E-state index in [0.717, 1.165) is 33.1 Å². The van der Waals surface area contributed by atoms with Crippen LogP contribution in [0.3, 0.4) is 0 Å². The lowest BCUT2D eigenvalue weighted by atomic mass is 9.90. The van der Waals surface area contributed by atoms with Crippen LogP contribution in [0.4, 0.5) is 0 Å². The standard InChI is InChI=1S/C36H26N4O5/c41-20-13-14-22-28(18-37-31(22)17-20)29(19-40-35(44)26-10-3-4-11-27(26)36(40)45)32-23(21-7-5-6-12-30(21)38-32)15-16-39-33(42)24-8-1-2-9-25(24)34(39)43/h1-14,17-18,29,37-38,41H,15-16,19H2. The summed E-state index contributed by atoms with van der Waals surface area (Å²) in [4.78, 5) is 62.9. The van der Waals surface area contributed by atoms with Crippen molar-refractivity contribution in [1.82, 2.24) is 19.8 Å². The summed E-state index contributed by atoms with van der Waals surface area (Å²) >= 11 is 0. The Bertz CT molecular complexity index is 2160. The fourth-order valence-corrected chi connectivity index (χ4v) is 6.81. The number of carbonyl (C=O) groups excluding carboxylic acids is 4. The maximum absolute atomic E-state index is 13.6. The summed E-state index contributed by atoms with van der Waals surface area (Å²) in [5.41, 5.74) is 5.58. The van der Waals surface area contributed by atoms with Crippen LogP contribution in [0.25, 0.3) is 21.8 Å². The van der Waals surface area contributed by atoms with Gasteiger partial charge in [0.1, 0.15) is 5.75 Å². The van der Waals surface area contributed by atoms with E-state index in [1.807, 2.05) is 36.5 Å². The second-order valence-corrected chi connectivity index (χ2v) is 11.4. The minimum absolute atomic E-state index is 0.0486. The Morgan fingerprint density at radius 2 is 1.22 bits per heavy atom. The Kier molecular flexibility index (Phi) is 5.96. The van der Waals surface area contributed by atoms with Crippen molar-refractivity contribution in [2.75, 3.05) is 13.1 Å². The van der Waals surface area contributed by atoms with E-state index in [0.29, 0.717) is 34.2 Å². The van der Waals surface area contributed by atoms with Gasteiger partial charge in [-0.2, -0.15) is 0 Å². The summed E-state index contributed by atoms with van der Waals surface area (Å²) in [6, 6.07) is 26.5. The molecule has 4 amide bonds. The van der Waals surface area contributed by atoms with E-state index in [1.54, 1.807) is 60.7 Å². The normalized spacial score (nSPS) is 15.0. The van der Waals surface area contributed by atoms with Gasteiger partial charge in [-0.15, -0.1) is 0 Å². The van der Waals surface area contributed by atoms with Gasteiger partial charge >= 0.3 is 0 Å². The number of para-hydroxylation sites is 1. The number of rotatable bonds is 7. The highest BCUT2D eigenvalue weighted by atomic mass is 16.3. The number of H-pyrrole nitrogens is 2. The first kappa shape index (κ1) is 26.7. The predicted octanol–water partition coefficient (Wildman–Crippen LogP) is 5.62. The van der Waals surface area contributed by atoms with Crippen LogP contribution in [0, 0.1) is 0 Å². The summed E-state index contributed by atoms with van der Waals surface area (Å²) in [6.07, 6.45) is 2.19. The maximum atomic E-state index is 13.6. The zero-order chi connectivity index (χ0) is 30.8. The molecule has 3 N–H and O–H groups in total. The monoisotopic (exact) mass is 594 g/mol. The molecule has 6 aromatic rings. The smallest absolute Gasteiger partial charge is 0.261 e. The highest BCUT2D eigenvalue weighted by Crippen LogP contribution is 2.39. The van der Waals surface area contributed by atoms with Gasteiger partial charge in [-0.05, 0) is 60.0 Å². The molecule has 4 heterocycles. The molecule has 8 rings (SSSR count). The molecular weight excluding hydrogens is 568 g/mol. The van der Waals surface area contributed by atoms with Gasteiger partial charge in [-0.25, -0.2) is 0 Å². The van der Waals surface area contributed by atoms with Gasteiger partial charge in [0.15, 0.2) is 0 Å². The van der Waals surface area contributed by atoms with Crippen molar-refractivity contribution in [3.63, 3.8) is 0 Å². The molecule has 2 aliphatic rings. The molecule has 0 aliphatic carbocycles. The topological polar surface area (TPSA) is 127 Å². The molecule has 2 aromatic heterocycles. The fraction of sp³-hybridized carbons (Fsp3) is 0.111. The van der Waals surface area contributed by atoms with Crippen LogP contribution in [-0.2, 0) is 6.42 Å². The average Bonchev–Trinajstić information content (AvgIpc) is 3.77. The molecule has 0 spiro atoms. The van der Waals surface area contributed by atoms with Crippen molar-refractivity contribution >= 4 is 45.4 Å². The highest BCUT2D eigenvalue weighted by molar-refractivity contribution is 6.22. The number of nitrogens with zero attached hydrogens (tertiary/aromatic N) is 2. The number of carbonyl (C=O) groups is 4. The lowest BCUT2D eigenvalue weighted by molar-refractivity contribution is 0.0634. The Morgan fingerprint density at radius 1 is 0.644 bits per heavy atom. The van der Waals surface area contributed by atoms with Crippen LogP contribution in [0.2, 0.25) is 0 Å². The van der Waals surface area contributed by atoms with Crippen molar-refractivity contribution in [3.05, 3.63) is 136 Å². The molecule has 1 unspecified atom stereocenters. The first-order chi connectivity index (χ1) is 21.9. The number of aromatic nitrogens is 2. The summed E-state index contributed by atoms with van der Waals surface area (Å²) in [6.45, 7) is 0.204. The molecule has 0 fully saturated rings. The van der Waals surface area contributed by atoms with Crippen LogP contribution < -0.4 is 0 Å². The number of phenolic OH excluding ortho intramolecular Hbond substituents is 1. The van der Waals surface area contributed by atoms with Gasteiger partial charge in [0.25, 0.3) is 23.6 Å². The number of imide groups is 2. The summed E-state index contributed by atoms with van der Waals surface area (Å²) in [5, 5.41) is 11.9. The highest BCUT2D eigenvalue weighted by Gasteiger charge is 2.39. The molecule has 0 saturated heterocycles. The summed E-state index contributed by atoms with van der Waals surface area (Å²) < 4.78 is 0. The molecule has 2 aliphatic heterocycles. The van der Waals surface area contributed by atoms with E-state index < -0.39 is 5.92 Å². The Labute approximate surface area is 256 Å². The summed E-state index contributed by atoms with van der Waals surface area (Å²) in [5.74, 6) is -1.76. The number of hydrogen-bond donors (Lipinski definition) is 3. The van der Waals surface area contributed by atoms with E-state index >= 15 is 0 Å². The quantitative estimate of drug-likeness (QED) is 0.207. The lowest BCUT2D eigenvalue weighted by Crippen LogP contribution is -2.35. The van der Waals surface area contributed by atoms with E-state index in [4.69, 9.17) is 0 Å². The van der Waals surface area contributed by atoms with Crippen molar-refractivity contribution in [2.45, 2.75) is 12.3 Å². The lowest BCUT2D eigenvalue weighted by Gasteiger charge is -2.24. The molecule has 9 heteroatoms. The molecule has 9 nitrogen and oxygen atoms in total. The third-order valence-corrected chi connectivity index (χ3v) is 8.97. The molecule has 4 aromatic carbocycles. The van der Waals surface area contributed by atoms with E-state index in [1.165, 1.54) is 9.80 Å². The van der Waals surface area contributed by atoms with Crippen LogP contribution in [0.5, 0.6) is 5.75 Å². The van der Waals surface area contributed by atoms with Crippen LogP contribution in [-0.4, -0.2) is 61.6 Å². The number of aromatic amines is 2. The first-order valence-electron chi connectivity index (χ1n) is 14.7. The zero-order valence-corrected chi connectivity index (χ0v) is 23.9. The predicted molar refractivity (Wildman–Crippen MR) is 167 cm³/mol. The van der Waals surface area contributed by atoms with Crippen molar-refractivity contribution in [2.24, 2.45) is 0 Å². The number of amides is 4. The maximum Gasteiger partial charge on any atom is 0.261 e. The first-order valence-corrected chi connectivity index (χ1v) is 14.7.